The predicted octanol–water partition coefficient (Wildman–Crippen LogP) is 3.33. The molecule has 3 nitrogen and oxygen atoms in total. The molecule has 0 aromatic heterocycles. The first-order valence-corrected chi connectivity index (χ1v) is 6.41. The fraction of sp³-hybridized carbons (Fsp3) is 0.500. The summed E-state index contributed by atoms with van der Waals surface area (Å²) in [6.45, 7) is 5.05. The van der Waals surface area contributed by atoms with Crippen molar-refractivity contribution in [3.05, 3.63) is 29.3 Å². The second-order valence-electron chi connectivity index (χ2n) is 4.88. The molecule has 0 heterocycles. The molecule has 0 bridgehead atoms. The Bertz CT molecular complexity index is 486. The number of nitrogens with one attached hydrogen (secondary N) is 1. The summed E-state index contributed by atoms with van der Waals surface area (Å²) >= 11 is 0. The molecule has 0 saturated heterocycles. The van der Waals surface area contributed by atoms with Crippen molar-refractivity contribution in [3.8, 4) is 0 Å². The van der Waals surface area contributed by atoms with Gasteiger partial charge in [0.2, 0.25) is 5.91 Å². The number of halogens is 3. The fourth-order valence-corrected chi connectivity index (χ4v) is 1.81. The third kappa shape index (κ3) is 3.72. The van der Waals surface area contributed by atoms with E-state index < -0.39 is 23.7 Å². The molecule has 2 atom stereocenters. The van der Waals surface area contributed by atoms with E-state index in [-0.39, 0.29) is 17.2 Å². The maximum atomic E-state index is 12.8. The summed E-state index contributed by atoms with van der Waals surface area (Å²) in [5.74, 6) is -0.511. The molecule has 3 N–H and O–H groups in total. The molecule has 1 aromatic rings. The molecular formula is C14H19F3N2O. The van der Waals surface area contributed by atoms with Crippen molar-refractivity contribution in [2.75, 3.05) is 5.32 Å². The monoisotopic (exact) mass is 288 g/mol. The lowest BCUT2D eigenvalue weighted by atomic mass is 9.99. The van der Waals surface area contributed by atoms with Gasteiger partial charge in [0.15, 0.2) is 0 Å². The summed E-state index contributed by atoms with van der Waals surface area (Å²) in [5.41, 5.74) is 5.13. The average Bonchev–Trinajstić information content (AvgIpc) is 2.37. The number of alkyl halides is 3. The van der Waals surface area contributed by atoms with Crippen molar-refractivity contribution in [1.29, 1.82) is 0 Å². The maximum absolute atomic E-state index is 12.8. The minimum atomic E-state index is -4.44. The highest BCUT2D eigenvalue weighted by Crippen LogP contribution is 2.34. The van der Waals surface area contributed by atoms with Gasteiger partial charge in [-0.3, -0.25) is 4.79 Å². The van der Waals surface area contributed by atoms with E-state index in [0.717, 1.165) is 12.5 Å². The van der Waals surface area contributed by atoms with Gasteiger partial charge in [0, 0.05) is 5.69 Å². The van der Waals surface area contributed by atoms with Crippen LogP contribution in [-0.4, -0.2) is 11.9 Å². The number of hydrogen-bond donors (Lipinski definition) is 2. The zero-order chi connectivity index (χ0) is 15.5. The molecule has 0 saturated carbocycles. The van der Waals surface area contributed by atoms with Crippen LogP contribution < -0.4 is 11.1 Å². The highest BCUT2D eigenvalue weighted by Gasteiger charge is 2.33. The van der Waals surface area contributed by atoms with Crippen LogP contribution in [0, 0.1) is 12.8 Å². The highest BCUT2D eigenvalue weighted by molar-refractivity contribution is 5.95. The molecule has 0 aliphatic heterocycles. The molecule has 112 valence electrons. The largest absolute Gasteiger partial charge is 0.416 e. The lowest BCUT2D eigenvalue weighted by molar-refractivity contribution is -0.138. The fourth-order valence-electron chi connectivity index (χ4n) is 1.81. The predicted molar refractivity (Wildman–Crippen MR) is 72.2 cm³/mol. The Balaban J connectivity index is 2.97. The topological polar surface area (TPSA) is 55.1 Å². The first-order chi connectivity index (χ1) is 9.18. The van der Waals surface area contributed by atoms with Gasteiger partial charge in [0.1, 0.15) is 0 Å². The first-order valence-electron chi connectivity index (χ1n) is 6.41. The molecule has 0 aliphatic rings. The molecule has 6 heteroatoms. The maximum Gasteiger partial charge on any atom is 0.416 e. The van der Waals surface area contributed by atoms with Crippen LogP contribution in [0.3, 0.4) is 0 Å². The summed E-state index contributed by atoms with van der Waals surface area (Å²) in [4.78, 5) is 11.9. The molecule has 0 radical (unpaired) electrons. The Kier molecular flexibility index (Phi) is 5.16. The molecule has 0 spiro atoms. The van der Waals surface area contributed by atoms with Gasteiger partial charge in [-0.25, -0.2) is 0 Å². The second kappa shape index (κ2) is 6.26. The van der Waals surface area contributed by atoms with Crippen molar-refractivity contribution in [2.45, 2.75) is 39.4 Å². The van der Waals surface area contributed by atoms with E-state index in [1.54, 1.807) is 0 Å². The van der Waals surface area contributed by atoms with Gasteiger partial charge >= 0.3 is 6.18 Å². The molecule has 0 aliphatic carbocycles. The Morgan fingerprint density at radius 2 is 2.00 bits per heavy atom. The Labute approximate surface area is 116 Å². The average molecular weight is 288 g/mol. The zero-order valence-electron chi connectivity index (χ0n) is 11.7. The van der Waals surface area contributed by atoms with E-state index in [1.165, 1.54) is 19.1 Å². The lowest BCUT2D eigenvalue weighted by Crippen LogP contribution is -2.40. The summed E-state index contributed by atoms with van der Waals surface area (Å²) in [6, 6.07) is 2.94. The van der Waals surface area contributed by atoms with Crippen LogP contribution in [0.5, 0.6) is 0 Å². The number of carbonyl (C=O) groups excluding carboxylic acids is 1. The number of amides is 1. The molecule has 0 fully saturated rings. The Hall–Kier alpha value is -1.56. The summed E-state index contributed by atoms with van der Waals surface area (Å²) in [7, 11) is 0. The van der Waals surface area contributed by atoms with Crippen LogP contribution in [0.4, 0.5) is 18.9 Å². The van der Waals surface area contributed by atoms with Crippen LogP contribution in [0.15, 0.2) is 18.2 Å². The van der Waals surface area contributed by atoms with Gasteiger partial charge < -0.3 is 11.1 Å². The van der Waals surface area contributed by atoms with Crippen molar-refractivity contribution in [3.63, 3.8) is 0 Å². The molecule has 20 heavy (non-hydrogen) atoms. The molecule has 1 rings (SSSR count). The zero-order valence-corrected chi connectivity index (χ0v) is 11.7. The van der Waals surface area contributed by atoms with E-state index in [4.69, 9.17) is 5.73 Å². The van der Waals surface area contributed by atoms with E-state index in [1.807, 2.05) is 13.8 Å². The van der Waals surface area contributed by atoms with E-state index >= 15 is 0 Å². The normalized spacial score (nSPS) is 14.8. The summed E-state index contributed by atoms with van der Waals surface area (Å²) in [6.07, 6.45) is -3.72. The van der Waals surface area contributed by atoms with Crippen molar-refractivity contribution >= 4 is 11.6 Å². The third-order valence-electron chi connectivity index (χ3n) is 3.46. The Morgan fingerprint density at radius 3 is 2.50 bits per heavy atom. The minimum Gasteiger partial charge on any atom is -0.324 e. The number of hydrogen-bond acceptors (Lipinski definition) is 2. The van der Waals surface area contributed by atoms with Crippen molar-refractivity contribution in [1.82, 2.24) is 0 Å². The minimum absolute atomic E-state index is 0.00954. The molecule has 1 aromatic carbocycles. The van der Waals surface area contributed by atoms with E-state index in [9.17, 15) is 18.0 Å². The van der Waals surface area contributed by atoms with Crippen LogP contribution in [0.25, 0.3) is 0 Å². The van der Waals surface area contributed by atoms with Gasteiger partial charge in [0.05, 0.1) is 11.6 Å². The smallest absolute Gasteiger partial charge is 0.324 e. The molecule has 1 amide bonds. The van der Waals surface area contributed by atoms with Gasteiger partial charge in [-0.15, -0.1) is 0 Å². The Morgan fingerprint density at radius 1 is 1.40 bits per heavy atom. The van der Waals surface area contributed by atoms with Gasteiger partial charge in [-0.05, 0) is 30.5 Å². The number of rotatable bonds is 4. The molecule has 2 unspecified atom stereocenters. The first kappa shape index (κ1) is 16.5. The standard InChI is InChI=1S/C14H19F3N2O/c1-4-8(2)12(18)13(20)19-11-7-5-6-10(9(11)3)14(15,16)17/h5-8,12H,4,18H2,1-3H3,(H,19,20). The van der Waals surface area contributed by atoms with Gasteiger partial charge in [0.25, 0.3) is 0 Å². The van der Waals surface area contributed by atoms with Crippen molar-refractivity contribution < 1.29 is 18.0 Å². The second-order valence-corrected chi connectivity index (χ2v) is 4.88. The van der Waals surface area contributed by atoms with Crippen LogP contribution >= 0.6 is 0 Å². The van der Waals surface area contributed by atoms with Gasteiger partial charge in [-0.1, -0.05) is 26.3 Å². The third-order valence-corrected chi connectivity index (χ3v) is 3.46. The van der Waals surface area contributed by atoms with Gasteiger partial charge in [-0.2, -0.15) is 13.2 Å². The van der Waals surface area contributed by atoms with E-state index in [2.05, 4.69) is 5.32 Å². The lowest BCUT2D eigenvalue weighted by Gasteiger charge is -2.19. The number of carbonyl (C=O) groups is 1. The van der Waals surface area contributed by atoms with Crippen LogP contribution in [0.1, 0.15) is 31.4 Å². The summed E-state index contributed by atoms with van der Waals surface area (Å²) in [5, 5.41) is 2.47. The molecular weight excluding hydrogens is 269 g/mol. The summed E-state index contributed by atoms with van der Waals surface area (Å²) < 4.78 is 38.3. The highest BCUT2D eigenvalue weighted by atomic mass is 19.4. The van der Waals surface area contributed by atoms with Crippen LogP contribution in [0.2, 0.25) is 0 Å². The van der Waals surface area contributed by atoms with E-state index in [0.29, 0.717) is 0 Å². The number of benzene rings is 1. The van der Waals surface area contributed by atoms with Crippen LogP contribution in [-0.2, 0) is 11.0 Å². The van der Waals surface area contributed by atoms with Crippen molar-refractivity contribution in [2.24, 2.45) is 11.7 Å². The number of nitrogens with two attached hydrogens (primary N) is 1. The SMILES string of the molecule is CCC(C)C(N)C(=O)Nc1cccc(C(F)(F)F)c1C. The quantitative estimate of drug-likeness (QED) is 0.893. The number of anilines is 1.